The lowest BCUT2D eigenvalue weighted by atomic mass is 10.1. The predicted octanol–water partition coefficient (Wildman–Crippen LogP) is 1.72. The molecule has 4 rings (SSSR count). The number of nitrogens with two attached hydrogens (primary N) is 3. The second-order valence-corrected chi connectivity index (χ2v) is 9.09. The second-order valence-electron chi connectivity index (χ2n) is 7.57. The lowest BCUT2D eigenvalue weighted by molar-refractivity contribution is -0.136. The molecule has 12 heteroatoms. The first-order chi connectivity index (χ1) is 15.3. The number of nitrogens with zero attached hydrogens (tertiary/aromatic N) is 4. The van der Waals surface area contributed by atoms with Crippen LogP contribution in [0.5, 0.6) is 0 Å². The number of aromatic nitrogens is 4. The van der Waals surface area contributed by atoms with Gasteiger partial charge in [0.15, 0.2) is 11.5 Å². The van der Waals surface area contributed by atoms with Crippen LogP contribution in [0.15, 0.2) is 55.1 Å². The summed E-state index contributed by atoms with van der Waals surface area (Å²) in [6, 6.07) is 8.15. The van der Waals surface area contributed by atoms with Gasteiger partial charge in [-0.3, -0.25) is 4.52 Å². The van der Waals surface area contributed by atoms with Crippen molar-refractivity contribution in [3.63, 3.8) is 0 Å². The van der Waals surface area contributed by atoms with E-state index in [0.717, 1.165) is 5.56 Å². The lowest BCUT2D eigenvalue weighted by Gasteiger charge is -2.18. The molecule has 3 aromatic rings. The summed E-state index contributed by atoms with van der Waals surface area (Å²) in [7, 11) is -4.10. The quantitative estimate of drug-likeness (QED) is 0.334. The molecule has 0 bridgehead atoms. The molecule has 1 aliphatic carbocycles. The minimum atomic E-state index is -4.10. The zero-order valence-electron chi connectivity index (χ0n) is 17.2. The Kier molecular flexibility index (Phi) is 6.33. The predicted molar refractivity (Wildman–Crippen MR) is 118 cm³/mol. The largest absolute Gasteiger partial charge is 0.458 e. The zero-order valence-corrected chi connectivity index (χ0v) is 18.0. The summed E-state index contributed by atoms with van der Waals surface area (Å²) in [6.45, 7) is 0.0196. The number of imidazole rings is 1. The highest BCUT2D eigenvalue weighted by Gasteiger charge is 2.30. The second kappa shape index (κ2) is 9.17. The zero-order chi connectivity index (χ0) is 22.7. The lowest BCUT2D eigenvalue weighted by Crippen LogP contribution is -2.34. The molecule has 168 valence electrons. The normalized spacial score (nSPS) is 20.8. The molecule has 2 heterocycles. The molecule has 2 aromatic heterocycles. The third-order valence-electron chi connectivity index (χ3n) is 5.18. The van der Waals surface area contributed by atoms with Gasteiger partial charge in [0.05, 0.1) is 19.0 Å². The number of carbonyl (C=O) groups excluding carboxylic acids is 1. The van der Waals surface area contributed by atoms with Crippen molar-refractivity contribution in [1.82, 2.24) is 19.5 Å². The monoisotopic (exact) mass is 457 g/mol. The van der Waals surface area contributed by atoms with Crippen LogP contribution in [-0.2, 0) is 24.8 Å². The number of rotatable bonds is 8. The third-order valence-corrected chi connectivity index (χ3v) is 6.12. The molecule has 0 saturated heterocycles. The number of nitrogen functional groups attached to an aromatic ring is 1. The van der Waals surface area contributed by atoms with Crippen molar-refractivity contribution >= 4 is 30.7 Å². The van der Waals surface area contributed by atoms with E-state index in [1.54, 1.807) is 6.33 Å². The maximum atomic E-state index is 12.4. The Bertz CT molecular complexity index is 1180. The molecule has 0 saturated carbocycles. The summed E-state index contributed by atoms with van der Waals surface area (Å²) in [5.74, 6) is -0.654. The van der Waals surface area contributed by atoms with Crippen molar-refractivity contribution in [2.45, 2.75) is 24.9 Å². The van der Waals surface area contributed by atoms with E-state index in [1.807, 2.05) is 47.1 Å². The molecule has 1 aromatic carbocycles. The van der Waals surface area contributed by atoms with Gasteiger partial charge in [-0.25, -0.2) is 29.8 Å². The number of fused-ring (bicyclic) bond motifs is 1. The SMILES string of the molecule is Nc1ncnc2c1ncn2[C@@H]1C=C[C@H](COP(N)(=O)OC(=O)[C@@H](N)Cc2ccccc2)C1. The van der Waals surface area contributed by atoms with Crippen molar-refractivity contribution in [2.24, 2.45) is 17.2 Å². The number of benzene rings is 1. The van der Waals surface area contributed by atoms with E-state index in [2.05, 4.69) is 15.0 Å². The Morgan fingerprint density at radius 3 is 2.78 bits per heavy atom. The van der Waals surface area contributed by atoms with Crippen molar-refractivity contribution in [2.75, 3.05) is 12.3 Å². The maximum absolute atomic E-state index is 12.4. The number of hydrogen-bond donors (Lipinski definition) is 3. The molecule has 4 atom stereocenters. The molecule has 1 unspecified atom stereocenters. The van der Waals surface area contributed by atoms with Crippen molar-refractivity contribution < 1.29 is 18.4 Å². The fourth-order valence-corrected chi connectivity index (χ4v) is 4.40. The van der Waals surface area contributed by atoms with E-state index >= 15 is 0 Å². The molecule has 11 nitrogen and oxygen atoms in total. The van der Waals surface area contributed by atoms with Crippen LogP contribution in [0, 0.1) is 5.92 Å². The maximum Gasteiger partial charge on any atom is 0.458 e. The van der Waals surface area contributed by atoms with Gasteiger partial charge in [0.25, 0.3) is 0 Å². The Balaban J connectivity index is 1.29. The van der Waals surface area contributed by atoms with Gasteiger partial charge in [0.1, 0.15) is 17.9 Å². The van der Waals surface area contributed by atoms with Gasteiger partial charge in [-0.05, 0) is 18.4 Å². The fraction of sp³-hybridized carbons (Fsp3) is 0.300. The third kappa shape index (κ3) is 5.03. The van der Waals surface area contributed by atoms with E-state index in [0.29, 0.717) is 23.4 Å². The van der Waals surface area contributed by atoms with Crippen LogP contribution >= 0.6 is 7.75 Å². The van der Waals surface area contributed by atoms with Gasteiger partial charge < -0.3 is 20.6 Å². The standard InChI is InChI=1S/C20H24N7O4P/c21-16(9-13-4-2-1-3-5-13)20(28)31-32(23,29)30-10-14-6-7-15(8-14)27-12-26-17-18(22)24-11-25-19(17)27/h1-7,11-12,14-16H,8-10,21H2,(H2,23,29)(H2,22,24,25)/t14-,15+,16-,32?/m0/s1. The summed E-state index contributed by atoms with van der Waals surface area (Å²) in [6.07, 6.45) is 7.80. The van der Waals surface area contributed by atoms with Gasteiger partial charge in [0.2, 0.25) is 0 Å². The molecule has 32 heavy (non-hydrogen) atoms. The van der Waals surface area contributed by atoms with Crippen LogP contribution in [-0.4, -0.2) is 38.1 Å². The molecular weight excluding hydrogens is 433 g/mol. The molecular formula is C20H24N7O4P. The molecule has 1 aliphatic rings. The first kappa shape index (κ1) is 22.1. The molecule has 0 spiro atoms. The summed E-state index contributed by atoms with van der Waals surface area (Å²) in [4.78, 5) is 24.6. The smallest absolute Gasteiger partial charge is 0.382 e. The molecule has 0 amide bonds. The number of allylic oxidation sites excluding steroid dienone is 1. The number of hydrogen-bond acceptors (Lipinski definition) is 9. The van der Waals surface area contributed by atoms with Crippen LogP contribution in [0.2, 0.25) is 0 Å². The first-order valence-corrected chi connectivity index (χ1v) is 11.6. The Morgan fingerprint density at radius 1 is 1.22 bits per heavy atom. The molecule has 6 N–H and O–H groups in total. The van der Waals surface area contributed by atoms with Crippen LogP contribution < -0.4 is 17.0 Å². The first-order valence-electron chi connectivity index (χ1n) is 10.00. The highest BCUT2D eigenvalue weighted by Crippen LogP contribution is 2.41. The Morgan fingerprint density at radius 2 is 2.00 bits per heavy atom. The van der Waals surface area contributed by atoms with Crippen LogP contribution in [0.1, 0.15) is 18.0 Å². The van der Waals surface area contributed by atoms with Gasteiger partial charge in [-0.1, -0.05) is 42.5 Å². The molecule has 0 radical (unpaired) electrons. The summed E-state index contributed by atoms with van der Waals surface area (Å²) in [5.41, 5.74) is 19.3. The summed E-state index contributed by atoms with van der Waals surface area (Å²) < 4.78 is 24.5. The Labute approximate surface area is 184 Å². The number of anilines is 1. The van der Waals surface area contributed by atoms with Gasteiger partial charge in [-0.15, -0.1) is 0 Å². The van der Waals surface area contributed by atoms with Gasteiger partial charge in [0, 0.05) is 5.92 Å². The average molecular weight is 457 g/mol. The highest BCUT2D eigenvalue weighted by molar-refractivity contribution is 7.51. The van der Waals surface area contributed by atoms with E-state index in [9.17, 15) is 9.36 Å². The van der Waals surface area contributed by atoms with Crippen LogP contribution in [0.25, 0.3) is 11.2 Å². The molecule has 0 aliphatic heterocycles. The number of carbonyl (C=O) groups is 1. The van der Waals surface area contributed by atoms with Crippen molar-refractivity contribution in [3.8, 4) is 0 Å². The van der Waals surface area contributed by atoms with Crippen LogP contribution in [0.3, 0.4) is 0 Å². The van der Waals surface area contributed by atoms with E-state index in [-0.39, 0.29) is 25.0 Å². The van der Waals surface area contributed by atoms with E-state index in [4.69, 9.17) is 26.0 Å². The van der Waals surface area contributed by atoms with Gasteiger partial charge >= 0.3 is 13.7 Å². The topological polar surface area (TPSA) is 174 Å². The minimum absolute atomic E-state index is 0.0196. The van der Waals surface area contributed by atoms with Crippen molar-refractivity contribution in [1.29, 1.82) is 0 Å². The Hall–Kier alpha value is -3.11. The van der Waals surface area contributed by atoms with Gasteiger partial charge in [-0.2, -0.15) is 0 Å². The summed E-state index contributed by atoms with van der Waals surface area (Å²) >= 11 is 0. The average Bonchev–Trinajstić information content (AvgIpc) is 3.40. The highest BCUT2D eigenvalue weighted by atomic mass is 31.2. The van der Waals surface area contributed by atoms with Crippen LogP contribution in [0.4, 0.5) is 5.82 Å². The summed E-state index contributed by atoms with van der Waals surface area (Å²) in [5, 5.41) is 0. The fourth-order valence-electron chi connectivity index (χ4n) is 3.57. The van der Waals surface area contributed by atoms with Crippen molar-refractivity contribution in [3.05, 3.63) is 60.7 Å². The minimum Gasteiger partial charge on any atom is -0.382 e. The van der Waals surface area contributed by atoms with E-state index in [1.165, 1.54) is 6.33 Å². The molecule has 0 fully saturated rings. The van der Waals surface area contributed by atoms with E-state index < -0.39 is 19.8 Å².